The van der Waals surface area contributed by atoms with Crippen molar-refractivity contribution >= 4 is 37.3 Å². The van der Waals surface area contributed by atoms with Crippen molar-refractivity contribution in [3.05, 3.63) is 46.8 Å². The van der Waals surface area contributed by atoms with Gasteiger partial charge in [0.25, 0.3) is 5.91 Å². The highest BCUT2D eigenvalue weighted by Gasteiger charge is 2.16. The second-order valence-electron chi connectivity index (χ2n) is 6.74. The Morgan fingerprint density at radius 2 is 1.87 bits per heavy atom. The number of nitrogens with zero attached hydrogens (tertiary/aromatic N) is 2. The van der Waals surface area contributed by atoms with Crippen LogP contribution in [0.25, 0.3) is 10.2 Å². The van der Waals surface area contributed by atoms with E-state index in [9.17, 15) is 13.2 Å². The zero-order valence-electron chi connectivity index (χ0n) is 16.1. The van der Waals surface area contributed by atoms with Gasteiger partial charge in [-0.15, -0.1) is 6.42 Å². The number of carbonyl (C=O) groups is 1. The fourth-order valence-corrected chi connectivity index (χ4v) is 4.80. The molecule has 0 aliphatic carbocycles. The van der Waals surface area contributed by atoms with Gasteiger partial charge in [-0.05, 0) is 17.7 Å². The standard InChI is InChI=1S/C21H18N2O5S2/c1-3-8-23-16-12-17-18(28-10-9-27-17)13-19(16)29-21(23)22-20(24)11-14-4-6-15(7-5-14)30(2,25)26/h1,4-7,12-13H,8-11H2,2H3. The quantitative estimate of drug-likeness (QED) is 0.578. The Labute approximate surface area is 177 Å². The molecule has 0 radical (unpaired) electrons. The third-order valence-electron chi connectivity index (χ3n) is 4.52. The maximum absolute atomic E-state index is 12.6. The van der Waals surface area contributed by atoms with Crippen molar-refractivity contribution in [2.75, 3.05) is 19.5 Å². The molecule has 2 heterocycles. The van der Waals surface area contributed by atoms with Gasteiger partial charge in [0, 0.05) is 18.4 Å². The third kappa shape index (κ3) is 4.10. The number of benzene rings is 2. The molecule has 1 aliphatic heterocycles. The summed E-state index contributed by atoms with van der Waals surface area (Å²) in [5.41, 5.74) is 1.50. The monoisotopic (exact) mass is 442 g/mol. The second kappa shape index (κ2) is 7.97. The van der Waals surface area contributed by atoms with Crippen molar-refractivity contribution in [2.24, 2.45) is 4.99 Å². The molecule has 0 spiro atoms. The summed E-state index contributed by atoms with van der Waals surface area (Å²) < 4.78 is 37.1. The highest BCUT2D eigenvalue weighted by atomic mass is 32.2. The van der Waals surface area contributed by atoms with Crippen LogP contribution in [0.3, 0.4) is 0 Å². The van der Waals surface area contributed by atoms with Crippen LogP contribution in [0.4, 0.5) is 0 Å². The van der Waals surface area contributed by atoms with Crippen molar-refractivity contribution in [2.45, 2.75) is 17.9 Å². The zero-order chi connectivity index (χ0) is 21.3. The molecule has 0 N–H and O–H groups in total. The molecule has 2 aromatic carbocycles. The van der Waals surface area contributed by atoms with Crippen molar-refractivity contribution in [1.82, 2.24) is 4.57 Å². The van der Waals surface area contributed by atoms with E-state index in [1.807, 2.05) is 12.1 Å². The van der Waals surface area contributed by atoms with E-state index in [-0.39, 0.29) is 23.8 Å². The van der Waals surface area contributed by atoms with E-state index in [0.29, 0.717) is 35.1 Å². The lowest BCUT2D eigenvalue weighted by molar-refractivity contribution is -0.117. The molecule has 0 fully saturated rings. The smallest absolute Gasteiger partial charge is 0.252 e. The summed E-state index contributed by atoms with van der Waals surface area (Å²) in [6.45, 7) is 1.22. The summed E-state index contributed by atoms with van der Waals surface area (Å²) in [7, 11) is -3.28. The first-order chi connectivity index (χ1) is 14.3. The number of amides is 1. The molecule has 0 atom stereocenters. The van der Waals surface area contributed by atoms with Gasteiger partial charge in [0.15, 0.2) is 26.1 Å². The number of hydrogen-bond donors (Lipinski definition) is 0. The van der Waals surface area contributed by atoms with Crippen LogP contribution in [0.1, 0.15) is 5.56 Å². The number of aromatic nitrogens is 1. The summed E-state index contributed by atoms with van der Waals surface area (Å²) in [6.07, 6.45) is 6.72. The van der Waals surface area contributed by atoms with Crippen molar-refractivity contribution < 1.29 is 22.7 Å². The van der Waals surface area contributed by atoms with E-state index in [0.717, 1.165) is 16.5 Å². The molecule has 30 heavy (non-hydrogen) atoms. The first-order valence-electron chi connectivity index (χ1n) is 9.08. The minimum Gasteiger partial charge on any atom is -0.486 e. The van der Waals surface area contributed by atoms with E-state index < -0.39 is 9.84 Å². The van der Waals surface area contributed by atoms with E-state index in [4.69, 9.17) is 15.9 Å². The Morgan fingerprint density at radius 3 is 2.50 bits per heavy atom. The highest BCUT2D eigenvalue weighted by molar-refractivity contribution is 7.90. The summed E-state index contributed by atoms with van der Waals surface area (Å²) in [6, 6.07) is 9.93. The number of thiazole rings is 1. The molecule has 1 amide bonds. The first-order valence-corrected chi connectivity index (χ1v) is 11.8. The number of carbonyl (C=O) groups excluding carboxylic acids is 1. The van der Waals surface area contributed by atoms with Crippen LogP contribution < -0.4 is 14.3 Å². The van der Waals surface area contributed by atoms with Crippen LogP contribution in [0.5, 0.6) is 11.5 Å². The molecule has 0 bridgehead atoms. The fraction of sp³-hybridized carbons (Fsp3) is 0.238. The molecule has 9 heteroatoms. The molecule has 0 saturated heterocycles. The van der Waals surface area contributed by atoms with E-state index >= 15 is 0 Å². The van der Waals surface area contributed by atoms with Crippen molar-refractivity contribution in [3.63, 3.8) is 0 Å². The maximum atomic E-state index is 12.6. The van der Waals surface area contributed by atoms with Gasteiger partial charge in [0.05, 0.1) is 28.1 Å². The van der Waals surface area contributed by atoms with Gasteiger partial charge in [0.1, 0.15) is 13.2 Å². The molecule has 0 unspecified atom stereocenters. The predicted molar refractivity (Wildman–Crippen MR) is 113 cm³/mol. The Kier molecular flexibility index (Phi) is 5.37. The number of hydrogen-bond acceptors (Lipinski definition) is 6. The third-order valence-corrected chi connectivity index (χ3v) is 6.69. The van der Waals surface area contributed by atoms with Gasteiger partial charge in [-0.25, -0.2) is 8.42 Å². The lowest BCUT2D eigenvalue weighted by atomic mass is 10.1. The molecule has 0 saturated carbocycles. The van der Waals surface area contributed by atoms with Gasteiger partial charge in [0.2, 0.25) is 0 Å². The fourth-order valence-electron chi connectivity index (χ4n) is 3.11. The van der Waals surface area contributed by atoms with Crippen molar-refractivity contribution in [1.29, 1.82) is 0 Å². The Balaban J connectivity index is 1.68. The topological polar surface area (TPSA) is 87.0 Å². The lowest BCUT2D eigenvalue weighted by Gasteiger charge is -2.18. The molecule has 1 aliphatic rings. The van der Waals surface area contributed by atoms with E-state index in [1.54, 1.807) is 16.7 Å². The summed E-state index contributed by atoms with van der Waals surface area (Å²) in [5, 5.41) is 0. The normalized spacial score (nSPS) is 13.9. The number of ether oxygens (including phenoxy) is 2. The van der Waals surface area contributed by atoms with Crippen LogP contribution in [-0.2, 0) is 27.6 Å². The molecule has 7 nitrogen and oxygen atoms in total. The first kappa shape index (κ1) is 20.2. The van der Waals surface area contributed by atoms with Crippen LogP contribution in [-0.4, -0.2) is 38.4 Å². The Hall–Kier alpha value is -3.09. The van der Waals surface area contributed by atoms with Gasteiger partial charge in [-0.1, -0.05) is 29.4 Å². The SMILES string of the molecule is C#CCn1c(=NC(=O)Cc2ccc(S(C)(=O)=O)cc2)sc2cc3c(cc21)OCCO3. The minimum absolute atomic E-state index is 0.0526. The number of terminal acetylenes is 1. The average molecular weight is 443 g/mol. The average Bonchev–Trinajstić information content (AvgIpc) is 3.02. The van der Waals surface area contributed by atoms with Gasteiger partial charge in [-0.3, -0.25) is 4.79 Å². The maximum Gasteiger partial charge on any atom is 0.252 e. The summed E-state index contributed by atoms with van der Waals surface area (Å²) in [4.78, 5) is 17.5. The Bertz CT molecular complexity index is 1340. The van der Waals surface area contributed by atoms with Crippen molar-refractivity contribution in [3.8, 4) is 23.8 Å². The largest absolute Gasteiger partial charge is 0.486 e. The van der Waals surface area contributed by atoms with E-state index in [1.165, 1.54) is 23.5 Å². The predicted octanol–water partition coefficient (Wildman–Crippen LogP) is 2.18. The second-order valence-corrected chi connectivity index (χ2v) is 9.76. The number of fused-ring (bicyclic) bond motifs is 2. The number of rotatable bonds is 4. The summed E-state index contributed by atoms with van der Waals surface area (Å²) in [5.74, 6) is 3.54. The lowest BCUT2D eigenvalue weighted by Crippen LogP contribution is -2.18. The molecule has 1 aromatic heterocycles. The highest BCUT2D eigenvalue weighted by Crippen LogP contribution is 2.35. The van der Waals surface area contributed by atoms with Crippen LogP contribution in [0.2, 0.25) is 0 Å². The van der Waals surface area contributed by atoms with Crippen LogP contribution in [0, 0.1) is 12.3 Å². The molecular weight excluding hydrogens is 424 g/mol. The van der Waals surface area contributed by atoms with Crippen LogP contribution >= 0.6 is 11.3 Å². The molecular formula is C21H18N2O5S2. The van der Waals surface area contributed by atoms with Gasteiger partial charge in [-0.2, -0.15) is 4.99 Å². The number of sulfone groups is 1. The molecule has 4 rings (SSSR count). The summed E-state index contributed by atoms with van der Waals surface area (Å²) >= 11 is 1.35. The zero-order valence-corrected chi connectivity index (χ0v) is 17.8. The molecule has 154 valence electrons. The van der Waals surface area contributed by atoms with Crippen LogP contribution in [0.15, 0.2) is 46.3 Å². The van der Waals surface area contributed by atoms with Gasteiger partial charge >= 0.3 is 0 Å². The van der Waals surface area contributed by atoms with E-state index in [2.05, 4.69) is 10.9 Å². The Morgan fingerprint density at radius 1 is 1.20 bits per heavy atom. The van der Waals surface area contributed by atoms with Gasteiger partial charge < -0.3 is 14.0 Å². The minimum atomic E-state index is -3.28. The molecule has 3 aromatic rings.